The van der Waals surface area contributed by atoms with Crippen molar-refractivity contribution in [2.75, 3.05) is 6.54 Å². The van der Waals surface area contributed by atoms with E-state index in [-0.39, 0.29) is 12.6 Å². The van der Waals surface area contributed by atoms with Crippen molar-refractivity contribution in [1.29, 1.82) is 0 Å². The maximum absolute atomic E-state index is 12.1. The molecule has 2 amide bonds. The fourth-order valence-electron chi connectivity index (χ4n) is 2.15. The minimum atomic E-state index is -4.67. The Morgan fingerprint density at radius 3 is 2.74 bits per heavy atom. The van der Waals surface area contributed by atoms with Gasteiger partial charge in [0, 0.05) is 11.2 Å². The van der Waals surface area contributed by atoms with Crippen molar-refractivity contribution in [1.82, 2.24) is 10.6 Å². The predicted molar refractivity (Wildman–Crippen MR) is 83.5 cm³/mol. The van der Waals surface area contributed by atoms with Gasteiger partial charge in [-0.3, -0.25) is 0 Å². The van der Waals surface area contributed by atoms with Crippen LogP contribution in [0.5, 0.6) is 0 Å². The fraction of sp³-hybridized carbons (Fsp3) is 0.400. The average molecular weight is 346 g/mol. The average Bonchev–Trinajstić information content (AvgIpc) is 2.90. The van der Waals surface area contributed by atoms with E-state index in [2.05, 4.69) is 10.6 Å². The molecule has 4 nitrogen and oxygen atoms in total. The number of amides is 2. The van der Waals surface area contributed by atoms with E-state index < -0.39 is 24.7 Å². The number of aliphatic hydroxyl groups excluding tert-OH is 1. The van der Waals surface area contributed by atoms with E-state index in [9.17, 15) is 18.0 Å². The van der Waals surface area contributed by atoms with Crippen LogP contribution < -0.4 is 10.6 Å². The van der Waals surface area contributed by atoms with Gasteiger partial charge in [0.2, 0.25) is 0 Å². The van der Waals surface area contributed by atoms with Gasteiger partial charge in [0.25, 0.3) is 0 Å². The number of nitrogens with one attached hydrogen (secondary N) is 2. The van der Waals surface area contributed by atoms with Gasteiger partial charge in [-0.25, -0.2) is 4.79 Å². The molecule has 0 aliphatic carbocycles. The first-order valence-electron chi connectivity index (χ1n) is 7.04. The third-order valence-electron chi connectivity index (χ3n) is 3.41. The largest absolute Gasteiger partial charge is 0.414 e. The SMILES string of the molecule is CC(NC(=O)NCCC(O)C(F)(F)F)c1csc2ccccc12. The molecule has 8 heteroatoms. The highest BCUT2D eigenvalue weighted by Crippen LogP contribution is 2.29. The minimum absolute atomic E-state index is 0.260. The molecule has 2 aromatic rings. The number of urea groups is 1. The van der Waals surface area contributed by atoms with Crippen molar-refractivity contribution < 1.29 is 23.1 Å². The van der Waals surface area contributed by atoms with Gasteiger partial charge in [-0.1, -0.05) is 18.2 Å². The van der Waals surface area contributed by atoms with Crippen LogP contribution in [-0.2, 0) is 0 Å². The summed E-state index contributed by atoms with van der Waals surface area (Å²) in [6, 6.07) is 6.93. The normalized spacial score (nSPS) is 14.5. The molecule has 0 saturated heterocycles. The van der Waals surface area contributed by atoms with Gasteiger partial charge in [-0.2, -0.15) is 13.2 Å². The zero-order valence-electron chi connectivity index (χ0n) is 12.4. The molecule has 2 rings (SSSR count). The van der Waals surface area contributed by atoms with Gasteiger partial charge in [0.15, 0.2) is 6.10 Å². The summed E-state index contributed by atoms with van der Waals surface area (Å²) in [4.78, 5) is 11.7. The number of thiophene rings is 1. The number of carbonyl (C=O) groups excluding carboxylic acids is 1. The van der Waals surface area contributed by atoms with E-state index in [1.165, 1.54) is 0 Å². The Morgan fingerprint density at radius 1 is 1.35 bits per heavy atom. The highest BCUT2D eigenvalue weighted by Gasteiger charge is 2.37. The second-order valence-electron chi connectivity index (χ2n) is 5.16. The summed E-state index contributed by atoms with van der Waals surface area (Å²) < 4.78 is 37.5. The van der Waals surface area contributed by atoms with Crippen LogP contribution in [-0.4, -0.2) is 30.0 Å². The highest BCUT2D eigenvalue weighted by atomic mass is 32.1. The van der Waals surface area contributed by atoms with Crippen molar-refractivity contribution in [2.45, 2.75) is 31.7 Å². The van der Waals surface area contributed by atoms with E-state index in [0.717, 1.165) is 15.6 Å². The van der Waals surface area contributed by atoms with Crippen molar-refractivity contribution in [2.24, 2.45) is 0 Å². The summed E-state index contributed by atoms with van der Waals surface area (Å²) in [6.45, 7) is 1.54. The van der Waals surface area contributed by atoms with Gasteiger partial charge in [0.1, 0.15) is 0 Å². The second-order valence-corrected chi connectivity index (χ2v) is 6.07. The molecule has 23 heavy (non-hydrogen) atoms. The van der Waals surface area contributed by atoms with Gasteiger partial charge in [0.05, 0.1) is 6.04 Å². The van der Waals surface area contributed by atoms with Crippen LogP contribution in [0.4, 0.5) is 18.0 Å². The van der Waals surface area contributed by atoms with Crippen molar-refractivity contribution in [3.63, 3.8) is 0 Å². The number of rotatable bonds is 5. The van der Waals surface area contributed by atoms with Crippen molar-refractivity contribution in [3.8, 4) is 0 Å². The fourth-order valence-corrected chi connectivity index (χ4v) is 3.20. The predicted octanol–water partition coefficient (Wildman–Crippen LogP) is 3.57. The van der Waals surface area contributed by atoms with E-state index in [0.29, 0.717) is 0 Å². The molecule has 1 heterocycles. The van der Waals surface area contributed by atoms with Crippen LogP contribution in [0.15, 0.2) is 29.6 Å². The Bertz CT molecular complexity index is 672. The molecule has 0 aliphatic heterocycles. The summed E-state index contributed by atoms with van der Waals surface area (Å²) in [6.07, 6.45) is -7.67. The molecule has 1 aromatic carbocycles. The summed E-state index contributed by atoms with van der Waals surface area (Å²) in [5, 5.41) is 16.8. The Hall–Kier alpha value is -1.80. The molecular formula is C15H17F3N2O2S. The molecule has 2 unspecified atom stereocenters. The molecular weight excluding hydrogens is 329 g/mol. The quantitative estimate of drug-likeness (QED) is 0.775. The summed E-state index contributed by atoms with van der Waals surface area (Å²) >= 11 is 1.56. The van der Waals surface area contributed by atoms with E-state index >= 15 is 0 Å². The van der Waals surface area contributed by atoms with Gasteiger partial charge in [-0.15, -0.1) is 11.3 Å². The first kappa shape index (κ1) is 17.6. The number of halogens is 3. The molecule has 3 N–H and O–H groups in total. The molecule has 1 aromatic heterocycles. The van der Waals surface area contributed by atoms with Crippen LogP contribution in [0.2, 0.25) is 0 Å². The third-order valence-corrected chi connectivity index (χ3v) is 4.39. The second kappa shape index (κ2) is 7.18. The minimum Gasteiger partial charge on any atom is -0.384 e. The van der Waals surface area contributed by atoms with Crippen LogP contribution >= 0.6 is 11.3 Å². The number of carbonyl (C=O) groups is 1. The molecule has 0 saturated carbocycles. The number of benzene rings is 1. The maximum Gasteiger partial charge on any atom is 0.414 e. The molecule has 0 bridgehead atoms. The molecule has 126 valence electrons. The van der Waals surface area contributed by atoms with Gasteiger partial charge < -0.3 is 15.7 Å². The lowest BCUT2D eigenvalue weighted by Gasteiger charge is -2.17. The van der Waals surface area contributed by atoms with Gasteiger partial charge in [-0.05, 0) is 35.7 Å². The molecule has 0 radical (unpaired) electrons. The number of hydrogen-bond acceptors (Lipinski definition) is 3. The smallest absolute Gasteiger partial charge is 0.384 e. The maximum atomic E-state index is 12.1. The Labute approximate surface area is 135 Å². The van der Waals surface area contributed by atoms with E-state index in [4.69, 9.17) is 5.11 Å². The lowest BCUT2D eigenvalue weighted by molar-refractivity contribution is -0.204. The van der Waals surface area contributed by atoms with Crippen LogP contribution in [0.1, 0.15) is 24.9 Å². The Kier molecular flexibility index (Phi) is 5.48. The Balaban J connectivity index is 1.86. The van der Waals surface area contributed by atoms with Crippen LogP contribution in [0.25, 0.3) is 10.1 Å². The molecule has 2 atom stereocenters. The van der Waals surface area contributed by atoms with Crippen molar-refractivity contribution in [3.05, 3.63) is 35.2 Å². The standard InChI is InChI=1S/C15H17F3N2O2S/c1-9(11-8-23-12-5-3-2-4-10(11)12)20-14(22)19-7-6-13(21)15(16,17)18/h2-5,8-9,13,21H,6-7H2,1H3,(H2,19,20,22). The summed E-state index contributed by atoms with van der Waals surface area (Å²) in [5.41, 5.74) is 0.955. The van der Waals surface area contributed by atoms with E-state index in [1.807, 2.05) is 29.6 Å². The van der Waals surface area contributed by atoms with Gasteiger partial charge >= 0.3 is 12.2 Å². The number of alkyl halides is 3. The lowest BCUT2D eigenvalue weighted by Crippen LogP contribution is -2.40. The van der Waals surface area contributed by atoms with E-state index in [1.54, 1.807) is 18.3 Å². The number of aliphatic hydroxyl groups is 1. The topological polar surface area (TPSA) is 61.4 Å². The number of fused-ring (bicyclic) bond motifs is 1. The first-order chi connectivity index (χ1) is 10.8. The molecule has 0 spiro atoms. The van der Waals surface area contributed by atoms with Crippen LogP contribution in [0, 0.1) is 0 Å². The van der Waals surface area contributed by atoms with Crippen molar-refractivity contribution >= 4 is 27.5 Å². The lowest BCUT2D eigenvalue weighted by atomic mass is 10.1. The monoisotopic (exact) mass is 346 g/mol. The first-order valence-corrected chi connectivity index (χ1v) is 7.92. The van der Waals surface area contributed by atoms with Crippen LogP contribution in [0.3, 0.4) is 0 Å². The zero-order valence-corrected chi connectivity index (χ0v) is 13.2. The number of hydrogen-bond donors (Lipinski definition) is 3. The summed E-state index contributed by atoms with van der Waals surface area (Å²) in [5.74, 6) is 0. The third kappa shape index (κ3) is 4.59. The zero-order chi connectivity index (χ0) is 17.0. The summed E-state index contributed by atoms with van der Waals surface area (Å²) in [7, 11) is 0. The molecule has 0 aliphatic rings. The molecule has 0 fully saturated rings. The highest BCUT2D eigenvalue weighted by molar-refractivity contribution is 7.17. The Morgan fingerprint density at radius 2 is 2.04 bits per heavy atom.